The lowest BCUT2D eigenvalue weighted by Crippen LogP contribution is -2.55. The van der Waals surface area contributed by atoms with E-state index in [0.29, 0.717) is 0 Å². The van der Waals surface area contributed by atoms with Crippen LogP contribution in [0.5, 0.6) is 0 Å². The summed E-state index contributed by atoms with van der Waals surface area (Å²) in [5, 5.41) is 0. The monoisotopic (exact) mass is 151 g/mol. The van der Waals surface area contributed by atoms with E-state index in [9.17, 15) is 0 Å². The van der Waals surface area contributed by atoms with E-state index in [1.807, 2.05) is 0 Å². The molecular weight excluding hydrogens is 134 g/mol. The molecule has 2 heterocycles. The first kappa shape index (κ1) is 6.47. The molecule has 11 heavy (non-hydrogen) atoms. The van der Waals surface area contributed by atoms with E-state index in [-0.39, 0.29) is 0 Å². The van der Waals surface area contributed by atoms with Gasteiger partial charge in [0.15, 0.2) is 0 Å². The van der Waals surface area contributed by atoms with Gasteiger partial charge in [-0.15, -0.1) is 0 Å². The lowest BCUT2D eigenvalue weighted by Gasteiger charge is -2.52. The van der Waals surface area contributed by atoms with Crippen molar-refractivity contribution in [3.63, 3.8) is 0 Å². The fourth-order valence-corrected chi connectivity index (χ4v) is 3.60. The van der Waals surface area contributed by atoms with Crippen LogP contribution < -0.4 is 0 Å². The van der Waals surface area contributed by atoms with Crippen molar-refractivity contribution >= 4 is 0 Å². The second-order valence-corrected chi connectivity index (χ2v) is 4.57. The van der Waals surface area contributed by atoms with Crippen LogP contribution in [0, 0.1) is 5.92 Å². The van der Waals surface area contributed by atoms with Crippen molar-refractivity contribution in [2.45, 2.75) is 44.1 Å². The molecule has 62 valence electrons. The van der Waals surface area contributed by atoms with Crippen LogP contribution in [0.2, 0.25) is 0 Å². The maximum absolute atomic E-state index is 2.80. The predicted molar refractivity (Wildman–Crippen MR) is 45.5 cm³/mol. The van der Waals surface area contributed by atoms with Crippen molar-refractivity contribution in [1.29, 1.82) is 0 Å². The molecular formula is C10H17N. The van der Waals surface area contributed by atoms with Gasteiger partial charge in [-0.3, -0.25) is 4.90 Å². The third-order valence-electron chi connectivity index (χ3n) is 4.34. The summed E-state index contributed by atoms with van der Waals surface area (Å²) in [5.74, 6) is 1.10. The topological polar surface area (TPSA) is 3.24 Å². The Labute approximate surface area is 68.8 Å². The van der Waals surface area contributed by atoms with Gasteiger partial charge in [-0.2, -0.15) is 0 Å². The average molecular weight is 151 g/mol. The summed E-state index contributed by atoms with van der Waals surface area (Å²) >= 11 is 0. The largest absolute Gasteiger partial charge is 0.297 e. The zero-order chi connectivity index (χ0) is 7.31. The molecule has 0 aromatic carbocycles. The van der Waals surface area contributed by atoms with Crippen molar-refractivity contribution in [3.05, 3.63) is 0 Å². The average Bonchev–Trinajstić information content (AvgIpc) is 2.12. The van der Waals surface area contributed by atoms with Crippen molar-refractivity contribution in [3.8, 4) is 0 Å². The highest BCUT2D eigenvalue weighted by Gasteiger charge is 2.53. The maximum Gasteiger partial charge on any atom is 0.0238 e. The lowest BCUT2D eigenvalue weighted by molar-refractivity contribution is -0.00765. The van der Waals surface area contributed by atoms with Gasteiger partial charge in [-0.05, 0) is 57.5 Å². The summed E-state index contributed by atoms with van der Waals surface area (Å²) in [6.45, 7) is 2.83. The van der Waals surface area contributed by atoms with Crippen molar-refractivity contribution in [2.24, 2.45) is 5.92 Å². The summed E-state index contributed by atoms with van der Waals surface area (Å²) in [7, 11) is 0. The van der Waals surface area contributed by atoms with E-state index in [1.165, 1.54) is 51.6 Å². The maximum atomic E-state index is 2.80. The second-order valence-electron chi connectivity index (χ2n) is 4.57. The number of piperidine rings is 1. The molecule has 2 saturated heterocycles. The molecule has 1 saturated carbocycles. The minimum absolute atomic E-state index is 0.762. The third kappa shape index (κ3) is 0.658. The SMILES string of the molecule is C1CC2CCN(C1)C21CCC1. The van der Waals surface area contributed by atoms with Gasteiger partial charge in [-0.25, -0.2) is 0 Å². The van der Waals surface area contributed by atoms with Crippen molar-refractivity contribution < 1.29 is 0 Å². The lowest BCUT2D eigenvalue weighted by atomic mass is 9.66. The molecule has 3 aliphatic rings. The first-order chi connectivity index (χ1) is 5.42. The Balaban J connectivity index is 1.92. The molecule has 0 amide bonds. The van der Waals surface area contributed by atoms with E-state index in [2.05, 4.69) is 4.90 Å². The van der Waals surface area contributed by atoms with Crippen LogP contribution in [-0.4, -0.2) is 23.5 Å². The van der Waals surface area contributed by atoms with Gasteiger partial charge in [0.2, 0.25) is 0 Å². The summed E-state index contributed by atoms with van der Waals surface area (Å²) in [6, 6.07) is 0. The van der Waals surface area contributed by atoms with Crippen LogP contribution >= 0.6 is 0 Å². The van der Waals surface area contributed by atoms with Gasteiger partial charge in [0.25, 0.3) is 0 Å². The number of nitrogens with zero attached hydrogens (tertiary/aromatic N) is 1. The van der Waals surface area contributed by atoms with E-state index >= 15 is 0 Å². The summed E-state index contributed by atoms with van der Waals surface area (Å²) in [6.07, 6.45) is 9.09. The third-order valence-corrected chi connectivity index (χ3v) is 4.34. The molecule has 1 aliphatic carbocycles. The molecule has 0 aromatic rings. The molecule has 1 nitrogen and oxygen atoms in total. The molecule has 2 atom stereocenters. The number of rotatable bonds is 0. The first-order valence-corrected chi connectivity index (χ1v) is 5.17. The number of hydrogen-bond acceptors (Lipinski definition) is 1. The zero-order valence-corrected chi connectivity index (χ0v) is 7.18. The smallest absolute Gasteiger partial charge is 0.0238 e. The molecule has 1 spiro atoms. The van der Waals surface area contributed by atoms with Gasteiger partial charge >= 0.3 is 0 Å². The fourth-order valence-electron chi connectivity index (χ4n) is 3.60. The predicted octanol–water partition coefficient (Wildman–Crippen LogP) is 2.02. The Bertz CT molecular complexity index is 154. The number of hydrogen-bond donors (Lipinski definition) is 0. The van der Waals surface area contributed by atoms with Crippen LogP contribution in [0.3, 0.4) is 0 Å². The molecule has 2 unspecified atom stereocenters. The highest BCUT2D eigenvalue weighted by atomic mass is 15.2. The van der Waals surface area contributed by atoms with E-state index < -0.39 is 0 Å². The fraction of sp³-hybridized carbons (Fsp3) is 1.00. The Kier molecular flexibility index (Phi) is 1.18. The molecule has 0 radical (unpaired) electrons. The van der Waals surface area contributed by atoms with Gasteiger partial charge in [-0.1, -0.05) is 0 Å². The molecule has 0 N–H and O–H groups in total. The Morgan fingerprint density at radius 2 is 1.91 bits per heavy atom. The van der Waals surface area contributed by atoms with E-state index in [0.717, 1.165) is 11.5 Å². The molecule has 0 aromatic heterocycles. The Hall–Kier alpha value is -0.0400. The van der Waals surface area contributed by atoms with Crippen LogP contribution in [0.1, 0.15) is 38.5 Å². The minimum atomic E-state index is 0.762. The molecule has 3 fully saturated rings. The van der Waals surface area contributed by atoms with Crippen LogP contribution in [0.15, 0.2) is 0 Å². The van der Waals surface area contributed by atoms with Crippen LogP contribution in [-0.2, 0) is 0 Å². The Morgan fingerprint density at radius 1 is 1.00 bits per heavy atom. The van der Waals surface area contributed by atoms with Crippen LogP contribution in [0.4, 0.5) is 0 Å². The molecule has 1 heteroatoms. The van der Waals surface area contributed by atoms with Gasteiger partial charge in [0, 0.05) is 5.54 Å². The van der Waals surface area contributed by atoms with E-state index in [1.54, 1.807) is 0 Å². The highest BCUT2D eigenvalue weighted by molar-refractivity contribution is 5.08. The summed E-state index contributed by atoms with van der Waals surface area (Å²) in [5.41, 5.74) is 0.762. The van der Waals surface area contributed by atoms with Gasteiger partial charge < -0.3 is 0 Å². The molecule has 2 aliphatic heterocycles. The van der Waals surface area contributed by atoms with Crippen molar-refractivity contribution in [2.75, 3.05) is 13.1 Å². The van der Waals surface area contributed by atoms with Gasteiger partial charge in [0.1, 0.15) is 0 Å². The molecule has 2 bridgehead atoms. The standard InChI is InChI=1S/C10H17N/c1-3-9-4-8-11(7-1)10(9)5-2-6-10/h9H,1-8H2. The van der Waals surface area contributed by atoms with Gasteiger partial charge in [0.05, 0.1) is 0 Å². The molecule has 3 rings (SSSR count). The highest BCUT2D eigenvalue weighted by Crippen LogP contribution is 2.52. The second kappa shape index (κ2) is 2.01. The summed E-state index contributed by atoms with van der Waals surface area (Å²) in [4.78, 5) is 2.80. The zero-order valence-electron chi connectivity index (χ0n) is 7.18. The quantitative estimate of drug-likeness (QED) is 0.512. The van der Waals surface area contributed by atoms with E-state index in [4.69, 9.17) is 0 Å². The van der Waals surface area contributed by atoms with Crippen molar-refractivity contribution in [1.82, 2.24) is 4.90 Å². The Morgan fingerprint density at radius 3 is 2.45 bits per heavy atom. The van der Waals surface area contributed by atoms with Crippen LogP contribution in [0.25, 0.3) is 0 Å². The summed E-state index contributed by atoms with van der Waals surface area (Å²) < 4.78 is 0. The minimum Gasteiger partial charge on any atom is -0.297 e. The first-order valence-electron chi connectivity index (χ1n) is 5.17. The normalized spacial score (nSPS) is 45.8.